The summed E-state index contributed by atoms with van der Waals surface area (Å²) in [5, 5.41) is 25.6. The summed E-state index contributed by atoms with van der Waals surface area (Å²) in [6.45, 7) is 3.40. The Kier molecular flexibility index (Phi) is 8.55. The summed E-state index contributed by atoms with van der Waals surface area (Å²) in [5.74, 6) is 0.212. The fraction of sp³-hybridized carbons (Fsp3) is 0.525. The van der Waals surface area contributed by atoms with Crippen molar-refractivity contribution in [3.8, 4) is 17.2 Å². The highest BCUT2D eigenvalue weighted by atomic mass is 35.5. The van der Waals surface area contributed by atoms with E-state index in [-0.39, 0.29) is 65.2 Å². The molecule has 2 N–H and O–H groups in total. The standard InChI is InChI=1S/C40H42Cl2FN5O3/c1-20-28-17-33(32-16-26(19-47(32)40(50)21-7-8-21)51-25-11-9-24(49)10-12-25)48(38-23-15-31(38)45-18-23)39(28)29-14-22(4-3-13-44)34(36(43)37(29)46-20)27-5-2-6-30(41)35(27)42/h2,5-6,14,17,21,23-26,31-32,38,45,49H,3-4,7-12,15-16,18-19H2,1H3. The van der Waals surface area contributed by atoms with Crippen LogP contribution in [0.2, 0.25) is 10.0 Å². The maximum atomic E-state index is 17.2. The molecule has 0 radical (unpaired) electrons. The third-order valence-electron chi connectivity index (χ3n) is 12.3. The molecular weight excluding hydrogens is 688 g/mol. The Hall–Kier alpha value is -3.26. The van der Waals surface area contributed by atoms with Crippen molar-refractivity contribution in [3.05, 3.63) is 63.1 Å². The van der Waals surface area contributed by atoms with Gasteiger partial charge in [0.05, 0.1) is 52.0 Å². The first-order valence-corrected chi connectivity index (χ1v) is 19.3. The quantitative estimate of drug-likeness (QED) is 0.191. The minimum atomic E-state index is -0.476. The van der Waals surface area contributed by atoms with Crippen molar-refractivity contribution in [1.29, 1.82) is 5.26 Å². The van der Waals surface area contributed by atoms with Crippen LogP contribution in [0.4, 0.5) is 4.39 Å². The largest absolute Gasteiger partial charge is 0.393 e. The molecule has 10 rings (SSSR count). The van der Waals surface area contributed by atoms with Crippen molar-refractivity contribution in [2.24, 2.45) is 11.8 Å². The van der Waals surface area contributed by atoms with Crippen LogP contribution >= 0.6 is 23.2 Å². The molecule has 6 fully saturated rings. The number of nitrogens with zero attached hydrogens (tertiary/aromatic N) is 4. The predicted molar refractivity (Wildman–Crippen MR) is 195 cm³/mol. The molecule has 2 aromatic carbocycles. The molecule has 8 nitrogen and oxygen atoms in total. The van der Waals surface area contributed by atoms with E-state index in [2.05, 4.69) is 26.9 Å². The summed E-state index contributed by atoms with van der Waals surface area (Å²) in [6, 6.07) is 11.9. The number of carbonyl (C=O) groups excluding carboxylic acids is 1. The Morgan fingerprint density at radius 1 is 1.12 bits per heavy atom. The lowest BCUT2D eigenvalue weighted by molar-refractivity contribution is -0.134. The van der Waals surface area contributed by atoms with Gasteiger partial charge in [-0.05, 0) is 88.0 Å². The predicted octanol–water partition coefficient (Wildman–Crippen LogP) is 7.97. The molecular formula is C40H42Cl2FN5O3. The van der Waals surface area contributed by atoms with Crippen LogP contribution in [0.25, 0.3) is 32.9 Å². The van der Waals surface area contributed by atoms with Crippen molar-refractivity contribution in [3.63, 3.8) is 0 Å². The van der Waals surface area contributed by atoms with Crippen molar-refractivity contribution >= 4 is 50.9 Å². The lowest BCUT2D eigenvalue weighted by atomic mass is 9.79. The molecule has 2 bridgehead atoms. The number of rotatable bonds is 8. The lowest BCUT2D eigenvalue weighted by Crippen LogP contribution is -2.41. The fourth-order valence-corrected chi connectivity index (χ4v) is 9.93. The Labute approximate surface area is 306 Å². The number of nitriles is 1. The molecule has 3 saturated carbocycles. The Morgan fingerprint density at radius 3 is 2.63 bits per heavy atom. The molecule has 266 valence electrons. The highest BCUT2D eigenvalue weighted by molar-refractivity contribution is 6.43. The number of carbonyl (C=O) groups is 1. The van der Waals surface area contributed by atoms with Crippen LogP contribution in [-0.4, -0.2) is 62.9 Å². The number of aromatic nitrogens is 2. The number of fused-ring (bicyclic) bond motifs is 4. The summed E-state index contributed by atoms with van der Waals surface area (Å²) in [7, 11) is 0. The van der Waals surface area contributed by atoms with E-state index < -0.39 is 5.82 Å². The number of aliphatic hydroxyl groups excluding tert-OH is 1. The summed E-state index contributed by atoms with van der Waals surface area (Å²) in [5.41, 5.74) is 4.46. The Bertz CT molecular complexity index is 2090. The molecule has 6 aliphatic rings. The number of hydrogen-bond acceptors (Lipinski definition) is 6. The van der Waals surface area contributed by atoms with Crippen molar-refractivity contribution < 1.29 is 19.0 Å². The van der Waals surface area contributed by atoms with Gasteiger partial charge in [0.1, 0.15) is 5.52 Å². The number of pyridine rings is 1. The van der Waals surface area contributed by atoms with Gasteiger partial charge in [0.15, 0.2) is 5.82 Å². The number of likely N-dealkylation sites (tertiary alicyclic amines) is 1. The van der Waals surface area contributed by atoms with E-state index in [9.17, 15) is 15.2 Å². The van der Waals surface area contributed by atoms with Crippen LogP contribution in [0.3, 0.4) is 0 Å². The summed E-state index contributed by atoms with van der Waals surface area (Å²) in [4.78, 5) is 21.0. The van der Waals surface area contributed by atoms with E-state index in [4.69, 9.17) is 32.9 Å². The Morgan fingerprint density at radius 2 is 1.92 bits per heavy atom. The molecule has 2 aromatic heterocycles. The number of benzene rings is 2. The van der Waals surface area contributed by atoms with Crippen LogP contribution in [-0.2, 0) is 16.0 Å². The van der Waals surface area contributed by atoms with Gasteiger partial charge in [0, 0.05) is 71.2 Å². The first-order valence-electron chi connectivity index (χ1n) is 18.6. The highest BCUT2D eigenvalue weighted by Crippen LogP contribution is 2.51. The van der Waals surface area contributed by atoms with Gasteiger partial charge in [-0.3, -0.25) is 4.79 Å². The number of ether oxygens (including phenoxy) is 1. The topological polar surface area (TPSA) is 103 Å². The SMILES string of the molecule is Cc1nc2c(F)c(-c3cccc(Cl)c3Cl)c(CCC#N)cc2c2c1cc(C1CC(OC3CCC(O)CC3)CN1C(=O)C1CC1)n2C1C2CNC1C2. The molecule has 1 amide bonds. The molecule has 51 heavy (non-hydrogen) atoms. The average Bonchev–Trinajstić information content (AvgIpc) is 3.40. The summed E-state index contributed by atoms with van der Waals surface area (Å²) >= 11 is 13.1. The van der Waals surface area contributed by atoms with E-state index in [1.54, 1.807) is 18.2 Å². The Balaban J connectivity index is 1.23. The zero-order valence-corrected chi connectivity index (χ0v) is 30.2. The van der Waals surface area contributed by atoms with E-state index >= 15 is 4.39 Å². The molecule has 0 spiro atoms. The zero-order valence-electron chi connectivity index (χ0n) is 28.7. The smallest absolute Gasteiger partial charge is 0.226 e. The van der Waals surface area contributed by atoms with Crippen LogP contribution in [0.15, 0.2) is 30.3 Å². The third-order valence-corrected chi connectivity index (χ3v) is 13.1. The number of aliphatic hydroxyl groups is 1. The first kappa shape index (κ1) is 33.6. The normalized spacial score (nSPS) is 28.8. The molecule has 4 aromatic rings. The molecule has 3 aliphatic carbocycles. The summed E-state index contributed by atoms with van der Waals surface area (Å²) in [6.07, 6.45) is 7.03. The molecule has 5 unspecified atom stereocenters. The molecule has 3 aliphatic heterocycles. The van der Waals surface area contributed by atoms with Crippen LogP contribution in [0, 0.1) is 35.9 Å². The maximum Gasteiger partial charge on any atom is 0.226 e. The zero-order chi connectivity index (χ0) is 35.1. The second kappa shape index (κ2) is 13.0. The minimum absolute atomic E-state index is 0.0632. The van der Waals surface area contributed by atoms with Crippen molar-refractivity contribution in [1.82, 2.24) is 19.8 Å². The van der Waals surface area contributed by atoms with Gasteiger partial charge in [-0.25, -0.2) is 9.37 Å². The van der Waals surface area contributed by atoms with E-state index in [1.165, 1.54) is 0 Å². The van der Waals surface area contributed by atoms with Crippen LogP contribution in [0.1, 0.15) is 86.8 Å². The third kappa shape index (κ3) is 5.64. The average molecular weight is 731 g/mol. The van der Waals surface area contributed by atoms with E-state index in [1.807, 2.05) is 13.0 Å². The summed E-state index contributed by atoms with van der Waals surface area (Å²) < 4.78 is 26.3. The van der Waals surface area contributed by atoms with E-state index in [0.29, 0.717) is 52.4 Å². The lowest BCUT2D eigenvalue weighted by Gasteiger charge is -2.39. The first-order chi connectivity index (χ1) is 24.7. The molecule has 3 saturated heterocycles. The monoisotopic (exact) mass is 729 g/mol. The van der Waals surface area contributed by atoms with Crippen molar-refractivity contribution in [2.75, 3.05) is 13.1 Å². The maximum absolute atomic E-state index is 17.2. The van der Waals surface area contributed by atoms with Gasteiger partial charge in [0.25, 0.3) is 0 Å². The molecule has 5 atom stereocenters. The van der Waals surface area contributed by atoms with Crippen molar-refractivity contribution in [2.45, 2.75) is 108 Å². The minimum Gasteiger partial charge on any atom is -0.393 e. The van der Waals surface area contributed by atoms with Gasteiger partial charge < -0.3 is 24.6 Å². The molecule has 5 heterocycles. The number of nitrogens with one attached hydrogen (secondary N) is 1. The highest BCUT2D eigenvalue weighted by Gasteiger charge is 2.51. The van der Waals surface area contributed by atoms with Gasteiger partial charge in [0.2, 0.25) is 5.91 Å². The van der Waals surface area contributed by atoms with Gasteiger partial charge in [-0.2, -0.15) is 5.26 Å². The van der Waals surface area contributed by atoms with Gasteiger partial charge >= 0.3 is 0 Å². The van der Waals surface area contributed by atoms with Crippen LogP contribution in [0.5, 0.6) is 0 Å². The second-order valence-corrected chi connectivity index (χ2v) is 16.3. The van der Waals surface area contributed by atoms with E-state index in [0.717, 1.165) is 73.8 Å². The van der Waals surface area contributed by atoms with Gasteiger partial charge in [-0.15, -0.1) is 0 Å². The van der Waals surface area contributed by atoms with Crippen LogP contribution < -0.4 is 5.32 Å². The molecule has 11 heteroatoms. The number of hydrogen-bond donors (Lipinski definition) is 2. The van der Waals surface area contributed by atoms with Gasteiger partial charge in [-0.1, -0.05) is 35.3 Å². The number of amides is 1. The number of aryl methyl sites for hydroxylation is 2. The number of halogens is 3. The second-order valence-electron chi connectivity index (χ2n) is 15.5. The fourth-order valence-electron chi connectivity index (χ4n) is 9.54.